The van der Waals surface area contributed by atoms with Crippen LogP contribution in [0.25, 0.3) is 0 Å². The summed E-state index contributed by atoms with van der Waals surface area (Å²) in [6, 6.07) is 2.96. The lowest BCUT2D eigenvalue weighted by atomic mass is 10.1. The van der Waals surface area contributed by atoms with E-state index >= 15 is 0 Å². The lowest BCUT2D eigenvalue weighted by molar-refractivity contribution is -0.141. The largest absolute Gasteiger partial charge is 0.481 e. The highest BCUT2D eigenvalue weighted by atomic mass is 35.5. The van der Waals surface area contributed by atoms with Gasteiger partial charge in [0.15, 0.2) is 0 Å². The van der Waals surface area contributed by atoms with Crippen LogP contribution in [-0.4, -0.2) is 26.0 Å². The number of benzene rings is 1. The molecule has 20 heavy (non-hydrogen) atoms. The Kier molecular flexibility index (Phi) is 5.91. The molecule has 1 aromatic carbocycles. The van der Waals surface area contributed by atoms with E-state index in [1.54, 1.807) is 6.92 Å². The van der Waals surface area contributed by atoms with Gasteiger partial charge in [0.25, 0.3) is 0 Å². The van der Waals surface area contributed by atoms with Gasteiger partial charge in [-0.3, -0.25) is 4.79 Å². The lowest BCUT2D eigenvalue weighted by Gasteiger charge is -2.13. The maximum absolute atomic E-state index is 13.1. The first kappa shape index (κ1) is 16.9. The molecule has 1 unspecified atom stereocenters. The molecule has 112 valence electrons. The number of carbonyl (C=O) groups is 1. The van der Waals surface area contributed by atoms with Crippen molar-refractivity contribution in [3.05, 3.63) is 29.0 Å². The molecule has 0 aliphatic carbocycles. The van der Waals surface area contributed by atoms with Crippen LogP contribution in [0.15, 0.2) is 23.1 Å². The van der Waals surface area contributed by atoms with Gasteiger partial charge in [0.2, 0.25) is 10.0 Å². The monoisotopic (exact) mass is 323 g/mol. The molecule has 0 amide bonds. The van der Waals surface area contributed by atoms with Crippen molar-refractivity contribution in [2.75, 3.05) is 6.54 Å². The second-order valence-electron chi connectivity index (χ2n) is 4.25. The Balaban J connectivity index is 2.89. The number of hydrogen-bond acceptors (Lipinski definition) is 3. The fourth-order valence-electron chi connectivity index (χ4n) is 1.63. The zero-order valence-electron chi connectivity index (χ0n) is 10.8. The van der Waals surface area contributed by atoms with Crippen LogP contribution in [0.3, 0.4) is 0 Å². The Morgan fingerprint density at radius 1 is 1.50 bits per heavy atom. The molecule has 1 aromatic rings. The molecule has 0 spiro atoms. The quantitative estimate of drug-likeness (QED) is 0.806. The predicted molar refractivity (Wildman–Crippen MR) is 72.6 cm³/mol. The summed E-state index contributed by atoms with van der Waals surface area (Å²) in [5.74, 6) is -2.65. The van der Waals surface area contributed by atoms with Gasteiger partial charge >= 0.3 is 5.97 Å². The van der Waals surface area contributed by atoms with Crippen LogP contribution in [0.2, 0.25) is 5.02 Å². The van der Waals surface area contributed by atoms with E-state index in [2.05, 4.69) is 4.72 Å². The molecule has 0 radical (unpaired) electrons. The Morgan fingerprint density at radius 2 is 2.15 bits per heavy atom. The minimum atomic E-state index is -4.05. The summed E-state index contributed by atoms with van der Waals surface area (Å²) in [6.07, 6.45) is 0.953. The topological polar surface area (TPSA) is 83.5 Å². The van der Waals surface area contributed by atoms with E-state index in [9.17, 15) is 17.6 Å². The highest BCUT2D eigenvalue weighted by molar-refractivity contribution is 7.89. The van der Waals surface area contributed by atoms with E-state index in [1.807, 2.05) is 0 Å². The first-order chi connectivity index (χ1) is 9.27. The van der Waals surface area contributed by atoms with Gasteiger partial charge < -0.3 is 5.11 Å². The van der Waals surface area contributed by atoms with Crippen LogP contribution < -0.4 is 4.72 Å². The maximum Gasteiger partial charge on any atom is 0.307 e. The smallest absolute Gasteiger partial charge is 0.307 e. The summed E-state index contributed by atoms with van der Waals surface area (Å²) < 4.78 is 39.2. The van der Waals surface area contributed by atoms with E-state index in [-0.39, 0.29) is 11.6 Å². The Morgan fingerprint density at radius 3 is 2.70 bits per heavy atom. The average molecular weight is 324 g/mol. The molecule has 1 rings (SSSR count). The van der Waals surface area contributed by atoms with Gasteiger partial charge in [-0.05, 0) is 24.6 Å². The fourth-order valence-corrected chi connectivity index (χ4v) is 3.22. The standard InChI is InChI=1S/C12H15ClFNO4S/c1-2-3-8(12(16)17)7-15-20(18,19)11-6-9(14)4-5-10(11)13/h4-6,8,15H,2-3,7H2,1H3,(H,16,17). The van der Waals surface area contributed by atoms with E-state index < -0.39 is 32.6 Å². The molecule has 0 fully saturated rings. The highest BCUT2D eigenvalue weighted by Crippen LogP contribution is 2.22. The molecule has 0 bridgehead atoms. The zero-order chi connectivity index (χ0) is 15.3. The third kappa shape index (κ3) is 4.43. The molecule has 0 aliphatic rings. The van der Waals surface area contributed by atoms with Crippen LogP contribution in [0.5, 0.6) is 0 Å². The summed E-state index contributed by atoms with van der Waals surface area (Å²) in [4.78, 5) is 10.5. The molecule has 0 aliphatic heterocycles. The van der Waals surface area contributed by atoms with Gasteiger partial charge in [-0.15, -0.1) is 0 Å². The minimum absolute atomic E-state index is 0.124. The molecular weight excluding hydrogens is 309 g/mol. The number of carboxylic acid groups (broad SMARTS) is 1. The van der Waals surface area contributed by atoms with E-state index in [0.29, 0.717) is 12.8 Å². The molecular formula is C12H15ClFNO4S. The van der Waals surface area contributed by atoms with Gasteiger partial charge in [-0.2, -0.15) is 0 Å². The van der Waals surface area contributed by atoms with Crippen molar-refractivity contribution in [1.29, 1.82) is 0 Å². The van der Waals surface area contributed by atoms with Crippen molar-refractivity contribution >= 4 is 27.6 Å². The van der Waals surface area contributed by atoms with Gasteiger partial charge in [0.1, 0.15) is 10.7 Å². The average Bonchev–Trinajstić information content (AvgIpc) is 2.37. The van der Waals surface area contributed by atoms with Crippen LogP contribution in [0.4, 0.5) is 4.39 Å². The number of aliphatic carboxylic acids is 1. The van der Waals surface area contributed by atoms with Crippen LogP contribution >= 0.6 is 11.6 Å². The fraction of sp³-hybridized carbons (Fsp3) is 0.417. The number of sulfonamides is 1. The van der Waals surface area contributed by atoms with Crippen molar-refractivity contribution in [1.82, 2.24) is 4.72 Å². The molecule has 8 heteroatoms. The molecule has 0 saturated heterocycles. The first-order valence-corrected chi connectivity index (χ1v) is 7.81. The molecule has 0 heterocycles. The van der Waals surface area contributed by atoms with Gasteiger partial charge in [-0.25, -0.2) is 17.5 Å². The van der Waals surface area contributed by atoms with Crippen LogP contribution in [0.1, 0.15) is 19.8 Å². The highest BCUT2D eigenvalue weighted by Gasteiger charge is 2.23. The van der Waals surface area contributed by atoms with Crippen molar-refractivity contribution in [3.63, 3.8) is 0 Å². The van der Waals surface area contributed by atoms with E-state index in [1.165, 1.54) is 0 Å². The van der Waals surface area contributed by atoms with Gasteiger partial charge in [0.05, 0.1) is 10.9 Å². The molecule has 0 aromatic heterocycles. The molecule has 2 N–H and O–H groups in total. The number of nitrogens with one attached hydrogen (secondary N) is 1. The predicted octanol–water partition coefficient (Wildman–Crippen LogP) is 2.26. The van der Waals surface area contributed by atoms with Gasteiger partial charge in [-0.1, -0.05) is 24.9 Å². The minimum Gasteiger partial charge on any atom is -0.481 e. The molecule has 5 nitrogen and oxygen atoms in total. The van der Waals surface area contributed by atoms with Gasteiger partial charge in [0, 0.05) is 6.54 Å². The maximum atomic E-state index is 13.1. The first-order valence-electron chi connectivity index (χ1n) is 5.95. The number of carboxylic acids is 1. The van der Waals surface area contributed by atoms with Crippen LogP contribution in [-0.2, 0) is 14.8 Å². The SMILES string of the molecule is CCCC(CNS(=O)(=O)c1cc(F)ccc1Cl)C(=O)O. The Hall–Kier alpha value is -1.18. The second-order valence-corrected chi connectivity index (χ2v) is 6.39. The normalized spacial score (nSPS) is 13.2. The third-order valence-electron chi connectivity index (χ3n) is 2.69. The van der Waals surface area contributed by atoms with Crippen LogP contribution in [0, 0.1) is 11.7 Å². The third-order valence-corrected chi connectivity index (χ3v) is 4.59. The van der Waals surface area contributed by atoms with Crippen molar-refractivity contribution < 1.29 is 22.7 Å². The second kappa shape index (κ2) is 7.01. The Bertz CT molecular complexity index is 591. The van der Waals surface area contributed by atoms with E-state index in [4.69, 9.17) is 16.7 Å². The zero-order valence-corrected chi connectivity index (χ0v) is 12.3. The summed E-state index contributed by atoms with van der Waals surface area (Å²) in [5.41, 5.74) is 0. The van der Waals surface area contributed by atoms with Crippen molar-refractivity contribution in [2.24, 2.45) is 5.92 Å². The summed E-state index contributed by atoms with van der Waals surface area (Å²) in [6.45, 7) is 1.53. The summed E-state index contributed by atoms with van der Waals surface area (Å²) in [7, 11) is -4.05. The Labute approximate surface area is 121 Å². The van der Waals surface area contributed by atoms with Crippen molar-refractivity contribution in [3.8, 4) is 0 Å². The number of rotatable bonds is 7. The summed E-state index contributed by atoms with van der Waals surface area (Å²) >= 11 is 5.72. The number of halogens is 2. The molecule has 0 saturated carbocycles. The lowest BCUT2D eigenvalue weighted by Crippen LogP contribution is -2.33. The number of hydrogen-bond donors (Lipinski definition) is 2. The van der Waals surface area contributed by atoms with E-state index in [0.717, 1.165) is 18.2 Å². The molecule has 1 atom stereocenters. The summed E-state index contributed by atoms with van der Waals surface area (Å²) in [5, 5.41) is 8.83. The van der Waals surface area contributed by atoms with Crippen molar-refractivity contribution in [2.45, 2.75) is 24.7 Å².